The first-order valence-electron chi connectivity index (χ1n) is 17.2. The first kappa shape index (κ1) is 32.2. The van der Waals surface area contributed by atoms with E-state index in [4.69, 9.17) is 5.11 Å². The Morgan fingerprint density at radius 3 is 2.29 bits per heavy atom. The van der Waals surface area contributed by atoms with Gasteiger partial charge in [0.05, 0.1) is 6.10 Å². The third-order valence-electron chi connectivity index (χ3n) is 11.9. The van der Waals surface area contributed by atoms with Crippen LogP contribution in [-0.2, 0) is 9.59 Å². The van der Waals surface area contributed by atoms with E-state index in [9.17, 15) is 14.7 Å². The maximum Gasteiger partial charge on any atom is 0.303 e. The zero-order valence-corrected chi connectivity index (χ0v) is 26.1. The summed E-state index contributed by atoms with van der Waals surface area (Å²) in [4.78, 5) is 23.6. The number of aliphatic hydroxyl groups is 1. The number of aliphatic carboxylic acids is 1. The van der Waals surface area contributed by atoms with Crippen LogP contribution in [-0.4, -0.2) is 28.1 Å². The number of allylic oxidation sites excluding steroid dienone is 5. The molecule has 0 aromatic rings. The van der Waals surface area contributed by atoms with Gasteiger partial charge in [-0.3, -0.25) is 9.59 Å². The SMILES string of the molecule is C[C@]12CC[C@H]3[C@@H](CCC4=CC(=O)C(CCCCCC=CCC=CCCCCCCCC(=O)O)C[C@@]43C)[C@@H]1CC[C@@H]2O. The van der Waals surface area contributed by atoms with Crippen LogP contribution in [0.3, 0.4) is 0 Å². The fraction of sp³-hybridized carbons (Fsp3) is 0.784. The number of hydrogen-bond acceptors (Lipinski definition) is 3. The smallest absolute Gasteiger partial charge is 0.303 e. The van der Waals surface area contributed by atoms with Crippen LogP contribution in [0.5, 0.6) is 0 Å². The monoisotopic (exact) mass is 566 g/mol. The molecule has 4 aliphatic rings. The molecule has 1 unspecified atom stereocenters. The molecule has 7 atom stereocenters. The lowest BCUT2D eigenvalue weighted by molar-refractivity contribution is -0.137. The number of carbonyl (C=O) groups excluding carboxylic acids is 1. The van der Waals surface area contributed by atoms with Crippen LogP contribution >= 0.6 is 0 Å². The van der Waals surface area contributed by atoms with Gasteiger partial charge in [0.25, 0.3) is 0 Å². The van der Waals surface area contributed by atoms with E-state index in [-0.39, 0.29) is 22.9 Å². The molecule has 0 amide bonds. The van der Waals surface area contributed by atoms with Gasteiger partial charge in [0.15, 0.2) is 5.78 Å². The van der Waals surface area contributed by atoms with Gasteiger partial charge in [0, 0.05) is 12.3 Å². The van der Waals surface area contributed by atoms with Crippen LogP contribution < -0.4 is 0 Å². The number of aliphatic hydroxyl groups excluding tert-OH is 1. The number of hydrogen-bond donors (Lipinski definition) is 2. The summed E-state index contributed by atoms with van der Waals surface area (Å²) in [5, 5.41) is 19.4. The summed E-state index contributed by atoms with van der Waals surface area (Å²) in [6.45, 7) is 4.85. The van der Waals surface area contributed by atoms with Crippen LogP contribution in [0.2, 0.25) is 0 Å². The lowest BCUT2D eigenvalue weighted by atomic mass is 9.46. The van der Waals surface area contributed by atoms with E-state index in [0.29, 0.717) is 24.0 Å². The number of carboxylic acids is 1. The lowest BCUT2D eigenvalue weighted by Gasteiger charge is -2.58. The van der Waals surface area contributed by atoms with Crippen molar-refractivity contribution >= 4 is 11.8 Å². The topological polar surface area (TPSA) is 74.6 Å². The van der Waals surface area contributed by atoms with Gasteiger partial charge < -0.3 is 10.2 Å². The van der Waals surface area contributed by atoms with Crippen LogP contribution in [0.1, 0.15) is 142 Å². The lowest BCUT2D eigenvalue weighted by Crippen LogP contribution is -2.52. The standard InChI is InChI=1S/C37H58O4/c1-36-25-24-32-30(31(36)22-23-34(36)39)21-20-29-26-33(38)28(27-37(29,32)2)18-16-14-12-10-8-6-4-3-5-7-9-11-13-15-17-19-35(40)41/h3,5-6,8,26,28,30-32,34,39H,4,7,9-25,27H2,1-2H3,(H,40,41)/t28?,30-,31-,32-,34-,36-,37-/m0/s1. The molecule has 0 aromatic carbocycles. The van der Waals surface area contributed by atoms with Crippen LogP contribution in [0, 0.1) is 34.5 Å². The van der Waals surface area contributed by atoms with Crippen molar-refractivity contribution in [1.82, 2.24) is 0 Å². The minimum absolute atomic E-state index is 0.115. The highest BCUT2D eigenvalue weighted by Crippen LogP contribution is 2.65. The highest BCUT2D eigenvalue weighted by molar-refractivity contribution is 5.93. The van der Waals surface area contributed by atoms with Gasteiger partial charge in [0.2, 0.25) is 0 Å². The number of fused-ring (bicyclic) bond motifs is 5. The fourth-order valence-corrected chi connectivity index (χ4v) is 9.37. The van der Waals surface area contributed by atoms with Gasteiger partial charge >= 0.3 is 5.97 Å². The summed E-state index contributed by atoms with van der Waals surface area (Å²) >= 11 is 0. The molecule has 3 saturated carbocycles. The van der Waals surface area contributed by atoms with E-state index >= 15 is 0 Å². The van der Waals surface area contributed by atoms with E-state index in [1.807, 2.05) is 0 Å². The zero-order chi connectivity index (χ0) is 29.3. The minimum atomic E-state index is -0.682. The first-order valence-corrected chi connectivity index (χ1v) is 17.2. The molecule has 0 aliphatic heterocycles. The summed E-state index contributed by atoms with van der Waals surface area (Å²) in [6.07, 6.45) is 32.5. The van der Waals surface area contributed by atoms with Crippen molar-refractivity contribution in [1.29, 1.82) is 0 Å². The molecule has 4 nitrogen and oxygen atoms in total. The highest BCUT2D eigenvalue weighted by atomic mass is 16.4. The Labute approximate surface area is 250 Å². The average Bonchev–Trinajstić information content (AvgIpc) is 3.25. The Bertz CT molecular complexity index is 962. The quantitative estimate of drug-likeness (QED) is 0.144. The van der Waals surface area contributed by atoms with Crippen molar-refractivity contribution in [2.75, 3.05) is 0 Å². The predicted octanol–water partition coefficient (Wildman–Crippen LogP) is 9.37. The molecule has 0 saturated heterocycles. The van der Waals surface area contributed by atoms with E-state index in [1.165, 1.54) is 50.5 Å². The van der Waals surface area contributed by atoms with Crippen LogP contribution in [0.25, 0.3) is 0 Å². The number of carboxylic acid groups (broad SMARTS) is 1. The molecular formula is C37H58O4. The second kappa shape index (κ2) is 15.2. The molecule has 0 heterocycles. The molecule has 3 fully saturated rings. The summed E-state index contributed by atoms with van der Waals surface area (Å²) in [5.74, 6) is 2.01. The second-order valence-corrected chi connectivity index (χ2v) is 14.5. The Hall–Kier alpha value is -1.68. The van der Waals surface area contributed by atoms with Gasteiger partial charge in [-0.15, -0.1) is 0 Å². The number of unbranched alkanes of at least 4 members (excludes halogenated alkanes) is 8. The second-order valence-electron chi connectivity index (χ2n) is 14.5. The van der Waals surface area contributed by atoms with E-state index < -0.39 is 5.97 Å². The van der Waals surface area contributed by atoms with Crippen molar-refractivity contribution in [3.63, 3.8) is 0 Å². The molecular weight excluding hydrogens is 508 g/mol. The van der Waals surface area contributed by atoms with Gasteiger partial charge in [-0.2, -0.15) is 0 Å². The third-order valence-corrected chi connectivity index (χ3v) is 11.9. The van der Waals surface area contributed by atoms with E-state index in [0.717, 1.165) is 83.0 Å². The van der Waals surface area contributed by atoms with E-state index in [2.05, 4.69) is 44.2 Å². The fourth-order valence-electron chi connectivity index (χ4n) is 9.37. The van der Waals surface area contributed by atoms with Gasteiger partial charge in [-0.25, -0.2) is 0 Å². The first-order chi connectivity index (χ1) is 19.8. The van der Waals surface area contributed by atoms with E-state index in [1.54, 1.807) is 0 Å². The summed E-state index contributed by atoms with van der Waals surface area (Å²) in [7, 11) is 0. The Kier molecular flexibility index (Phi) is 11.9. The molecule has 2 N–H and O–H groups in total. The van der Waals surface area contributed by atoms with Gasteiger partial charge in [-0.05, 0) is 125 Å². The van der Waals surface area contributed by atoms with Gasteiger partial charge in [-0.1, -0.05) is 75.8 Å². The normalized spacial score (nSPS) is 35.0. The number of ketones is 1. The molecule has 4 rings (SSSR count). The molecule has 4 heteroatoms. The predicted molar refractivity (Wildman–Crippen MR) is 168 cm³/mol. The summed E-state index contributed by atoms with van der Waals surface area (Å²) in [5.41, 5.74) is 1.77. The van der Waals surface area contributed by atoms with Gasteiger partial charge in [0.1, 0.15) is 0 Å². The molecule has 41 heavy (non-hydrogen) atoms. The number of carbonyl (C=O) groups is 2. The Morgan fingerprint density at radius 1 is 0.878 bits per heavy atom. The maximum atomic E-state index is 13.1. The molecule has 0 aromatic heterocycles. The van der Waals surface area contributed by atoms with Crippen molar-refractivity contribution in [3.05, 3.63) is 36.0 Å². The zero-order valence-electron chi connectivity index (χ0n) is 26.1. The van der Waals surface area contributed by atoms with Crippen molar-refractivity contribution in [3.8, 4) is 0 Å². The summed E-state index contributed by atoms with van der Waals surface area (Å²) in [6, 6.07) is 0. The molecule has 4 aliphatic carbocycles. The Morgan fingerprint density at radius 2 is 1.56 bits per heavy atom. The highest BCUT2D eigenvalue weighted by Gasteiger charge is 2.59. The molecule has 0 radical (unpaired) electrons. The van der Waals surface area contributed by atoms with Crippen LogP contribution in [0.4, 0.5) is 0 Å². The third kappa shape index (κ3) is 8.03. The van der Waals surface area contributed by atoms with Crippen molar-refractivity contribution < 1.29 is 19.8 Å². The van der Waals surface area contributed by atoms with Crippen molar-refractivity contribution in [2.24, 2.45) is 34.5 Å². The van der Waals surface area contributed by atoms with Crippen molar-refractivity contribution in [2.45, 2.75) is 148 Å². The molecule has 0 spiro atoms. The van der Waals surface area contributed by atoms with Crippen LogP contribution in [0.15, 0.2) is 36.0 Å². The maximum absolute atomic E-state index is 13.1. The Balaban J connectivity index is 1.10. The summed E-state index contributed by atoms with van der Waals surface area (Å²) < 4.78 is 0. The number of rotatable bonds is 16. The molecule has 230 valence electrons. The largest absolute Gasteiger partial charge is 0.481 e. The average molecular weight is 567 g/mol. The molecule has 0 bridgehead atoms. The minimum Gasteiger partial charge on any atom is -0.481 e.